The third kappa shape index (κ3) is 5.00. The monoisotopic (exact) mass is 461 g/mol. The van der Waals surface area contributed by atoms with Crippen LogP contribution in [0, 0.1) is 0 Å². The van der Waals surface area contributed by atoms with Crippen LogP contribution in [0.5, 0.6) is 11.5 Å². The summed E-state index contributed by atoms with van der Waals surface area (Å²) in [7, 11) is -7.11. The average Bonchev–Trinajstić information content (AvgIpc) is 3.27. The first kappa shape index (κ1) is 21.6. The molecule has 0 amide bonds. The maximum Gasteiger partial charge on any atom is 0.243 e. The molecule has 7 nitrogen and oxygen atoms in total. The number of para-hydroxylation sites is 1. The molecule has 1 saturated heterocycles. The van der Waals surface area contributed by atoms with Gasteiger partial charge in [0.2, 0.25) is 10.0 Å². The molecule has 3 aromatic rings. The topological polar surface area (TPSA) is 93.9 Å². The van der Waals surface area contributed by atoms with Gasteiger partial charge in [0.1, 0.15) is 23.0 Å². The Labute approximate surface area is 182 Å². The quantitative estimate of drug-likeness (QED) is 0.531. The summed E-state index contributed by atoms with van der Waals surface area (Å²) in [6.07, 6.45) is 1.96. The van der Waals surface area contributed by atoms with E-state index in [1.54, 1.807) is 24.3 Å². The molecule has 0 saturated carbocycles. The minimum Gasteiger partial charge on any atom is -0.468 e. The summed E-state index contributed by atoms with van der Waals surface area (Å²) in [4.78, 5) is 0.157. The number of piperidine rings is 1. The van der Waals surface area contributed by atoms with E-state index in [0.717, 1.165) is 0 Å². The Morgan fingerprint density at radius 3 is 2.10 bits per heavy atom. The number of rotatable bonds is 7. The number of hydrogen-bond donors (Lipinski definition) is 0. The highest BCUT2D eigenvalue weighted by Gasteiger charge is 2.35. The molecule has 1 aliphatic rings. The molecular weight excluding hydrogens is 438 g/mol. The number of ether oxygens (including phenoxy) is 1. The first-order chi connectivity index (χ1) is 14.8. The highest BCUT2D eigenvalue weighted by Crippen LogP contribution is 2.28. The summed E-state index contributed by atoms with van der Waals surface area (Å²) in [5, 5.41) is -0.578. The molecule has 1 aromatic heterocycles. The van der Waals surface area contributed by atoms with Crippen molar-refractivity contribution in [3.8, 4) is 11.5 Å². The predicted molar refractivity (Wildman–Crippen MR) is 116 cm³/mol. The van der Waals surface area contributed by atoms with Gasteiger partial charge in [-0.05, 0) is 61.4 Å². The van der Waals surface area contributed by atoms with Gasteiger partial charge in [-0.2, -0.15) is 4.31 Å². The zero-order valence-electron chi connectivity index (χ0n) is 16.8. The summed E-state index contributed by atoms with van der Waals surface area (Å²) < 4.78 is 63.4. The smallest absolute Gasteiger partial charge is 0.243 e. The van der Waals surface area contributed by atoms with Crippen molar-refractivity contribution in [1.29, 1.82) is 0 Å². The Bertz CT molecular complexity index is 1200. The fourth-order valence-electron chi connectivity index (χ4n) is 3.60. The Balaban J connectivity index is 1.39. The highest BCUT2D eigenvalue weighted by atomic mass is 32.2. The van der Waals surface area contributed by atoms with Crippen LogP contribution >= 0.6 is 0 Å². The van der Waals surface area contributed by atoms with Crippen LogP contribution in [-0.4, -0.2) is 39.5 Å². The summed E-state index contributed by atoms with van der Waals surface area (Å²) in [5.41, 5.74) is 0. The van der Waals surface area contributed by atoms with E-state index in [0.29, 0.717) is 17.3 Å². The summed E-state index contributed by atoms with van der Waals surface area (Å²) in [6, 6.07) is 18.7. The third-order valence-electron chi connectivity index (χ3n) is 5.27. The Morgan fingerprint density at radius 2 is 1.48 bits per heavy atom. The fraction of sp³-hybridized carbons (Fsp3) is 0.273. The first-order valence-electron chi connectivity index (χ1n) is 9.92. The van der Waals surface area contributed by atoms with Gasteiger partial charge in [0.25, 0.3) is 0 Å². The van der Waals surface area contributed by atoms with Gasteiger partial charge in [-0.15, -0.1) is 0 Å². The van der Waals surface area contributed by atoms with Crippen LogP contribution in [0.15, 0.2) is 82.3 Å². The molecule has 2 heterocycles. The van der Waals surface area contributed by atoms with Crippen LogP contribution in [0.1, 0.15) is 18.6 Å². The second kappa shape index (κ2) is 8.86. The molecule has 0 N–H and O–H groups in total. The second-order valence-electron chi connectivity index (χ2n) is 7.38. The summed E-state index contributed by atoms with van der Waals surface area (Å²) in [5.74, 6) is 1.43. The van der Waals surface area contributed by atoms with Crippen LogP contribution in [0.4, 0.5) is 0 Å². The Hall–Kier alpha value is -2.62. The van der Waals surface area contributed by atoms with Crippen molar-refractivity contribution in [2.75, 3.05) is 13.1 Å². The number of benzene rings is 2. The minimum absolute atomic E-state index is 0.157. The van der Waals surface area contributed by atoms with Gasteiger partial charge in [0, 0.05) is 13.1 Å². The molecule has 9 heteroatoms. The second-order valence-corrected chi connectivity index (χ2v) is 11.6. The molecule has 1 aliphatic heterocycles. The van der Waals surface area contributed by atoms with E-state index in [9.17, 15) is 16.8 Å². The molecule has 0 radical (unpaired) electrons. The Kier molecular flexibility index (Phi) is 6.17. The van der Waals surface area contributed by atoms with Gasteiger partial charge in [0.15, 0.2) is 9.84 Å². The van der Waals surface area contributed by atoms with Crippen molar-refractivity contribution < 1.29 is 26.0 Å². The minimum atomic E-state index is -3.71. The maximum atomic E-state index is 13.0. The summed E-state index contributed by atoms with van der Waals surface area (Å²) in [6.45, 7) is 0.319. The van der Waals surface area contributed by atoms with Gasteiger partial charge < -0.3 is 9.15 Å². The van der Waals surface area contributed by atoms with Crippen LogP contribution < -0.4 is 4.74 Å². The van der Waals surface area contributed by atoms with Gasteiger partial charge in [-0.1, -0.05) is 18.2 Å². The van der Waals surface area contributed by atoms with Crippen molar-refractivity contribution in [2.24, 2.45) is 0 Å². The average molecular weight is 462 g/mol. The van der Waals surface area contributed by atoms with Crippen molar-refractivity contribution in [1.82, 2.24) is 4.31 Å². The number of sulfonamides is 1. The van der Waals surface area contributed by atoms with Gasteiger partial charge in [-0.25, -0.2) is 16.8 Å². The lowest BCUT2D eigenvalue weighted by molar-refractivity contribution is 0.345. The zero-order chi connectivity index (χ0) is 21.9. The van der Waals surface area contributed by atoms with Crippen molar-refractivity contribution in [3.05, 3.63) is 78.8 Å². The molecule has 2 aromatic carbocycles. The Morgan fingerprint density at radius 1 is 0.839 bits per heavy atom. The first-order valence-corrected chi connectivity index (χ1v) is 13.1. The van der Waals surface area contributed by atoms with Crippen molar-refractivity contribution >= 4 is 19.9 Å². The van der Waals surface area contributed by atoms with Crippen LogP contribution in [0.2, 0.25) is 0 Å². The van der Waals surface area contributed by atoms with E-state index >= 15 is 0 Å². The van der Waals surface area contributed by atoms with Gasteiger partial charge in [-0.3, -0.25) is 0 Å². The molecule has 0 aliphatic carbocycles. The third-order valence-corrected chi connectivity index (χ3v) is 9.36. The van der Waals surface area contributed by atoms with Gasteiger partial charge in [0.05, 0.1) is 16.4 Å². The lowest BCUT2D eigenvalue weighted by Crippen LogP contribution is -2.42. The predicted octanol–water partition coefficient (Wildman–Crippen LogP) is 3.84. The molecule has 164 valence electrons. The SMILES string of the molecule is O=S(=O)(Cc1ccco1)C1CCN(S(=O)(=O)c2ccc(Oc3ccccc3)cc2)CC1. The molecule has 31 heavy (non-hydrogen) atoms. The van der Waals surface area contributed by atoms with Crippen LogP contribution in [-0.2, 0) is 25.6 Å². The molecule has 0 spiro atoms. The van der Waals surface area contributed by atoms with Crippen molar-refractivity contribution in [2.45, 2.75) is 28.7 Å². The van der Waals surface area contributed by atoms with E-state index in [4.69, 9.17) is 9.15 Å². The standard InChI is InChI=1S/C22H23NO6S2/c24-30(25,17-20-7-4-16-28-20)21-12-14-23(15-13-21)31(26,27)22-10-8-19(9-11-22)29-18-5-2-1-3-6-18/h1-11,16,21H,12-15,17H2. The number of nitrogens with zero attached hydrogens (tertiary/aromatic N) is 1. The maximum absolute atomic E-state index is 13.0. The largest absolute Gasteiger partial charge is 0.468 e. The molecular formula is C22H23NO6S2. The van der Waals surface area contributed by atoms with Crippen molar-refractivity contribution in [3.63, 3.8) is 0 Å². The zero-order valence-corrected chi connectivity index (χ0v) is 18.4. The lowest BCUT2D eigenvalue weighted by atomic mass is 10.2. The molecule has 0 atom stereocenters. The van der Waals surface area contributed by atoms with Gasteiger partial charge >= 0.3 is 0 Å². The number of furan rings is 1. The normalized spacial score (nSPS) is 16.3. The fourth-order valence-corrected chi connectivity index (χ4v) is 6.79. The van der Waals surface area contributed by atoms with E-state index in [2.05, 4.69) is 0 Å². The molecule has 0 unspecified atom stereocenters. The van der Waals surface area contributed by atoms with E-state index in [1.165, 1.54) is 22.7 Å². The highest BCUT2D eigenvalue weighted by molar-refractivity contribution is 7.91. The van der Waals surface area contributed by atoms with E-state index in [1.807, 2.05) is 30.3 Å². The van der Waals surface area contributed by atoms with E-state index < -0.39 is 25.1 Å². The number of hydrogen-bond acceptors (Lipinski definition) is 6. The molecule has 4 rings (SSSR count). The van der Waals surface area contributed by atoms with E-state index in [-0.39, 0.29) is 36.6 Å². The molecule has 0 bridgehead atoms. The van der Waals surface area contributed by atoms with Crippen LogP contribution in [0.3, 0.4) is 0 Å². The molecule has 1 fully saturated rings. The summed E-state index contributed by atoms with van der Waals surface area (Å²) >= 11 is 0. The number of sulfone groups is 1. The van der Waals surface area contributed by atoms with Crippen LogP contribution in [0.25, 0.3) is 0 Å². The lowest BCUT2D eigenvalue weighted by Gasteiger charge is -2.30.